The number of urea groups is 1. The van der Waals surface area contributed by atoms with Crippen molar-refractivity contribution in [1.82, 2.24) is 15.1 Å². The Morgan fingerprint density at radius 3 is 2.33 bits per heavy atom. The van der Waals surface area contributed by atoms with Crippen LogP contribution in [-0.4, -0.2) is 22.4 Å². The normalized spacial score (nSPS) is 14.8. The van der Waals surface area contributed by atoms with Gasteiger partial charge in [0, 0.05) is 12.1 Å². The molecule has 33 heavy (non-hydrogen) atoms. The minimum Gasteiger partial charge on any atom is -0.382 e. The Bertz CT molecular complexity index is 1090. The van der Waals surface area contributed by atoms with Crippen molar-refractivity contribution in [3.05, 3.63) is 60.2 Å². The van der Waals surface area contributed by atoms with Crippen LogP contribution in [0.25, 0.3) is 16.9 Å². The van der Waals surface area contributed by atoms with Gasteiger partial charge < -0.3 is 16.4 Å². The van der Waals surface area contributed by atoms with Gasteiger partial charge in [-0.15, -0.1) is 0 Å². The first-order chi connectivity index (χ1) is 15.8. The molecule has 1 heterocycles. The van der Waals surface area contributed by atoms with Crippen LogP contribution in [0.15, 0.2) is 54.6 Å². The minimum atomic E-state index is -4.44. The number of nitrogens with two attached hydrogens (primary N) is 1. The highest BCUT2D eigenvalue weighted by atomic mass is 19.4. The highest BCUT2D eigenvalue weighted by molar-refractivity contribution is 5.97. The molecule has 0 spiro atoms. The van der Waals surface area contributed by atoms with Gasteiger partial charge in [-0.3, -0.25) is 0 Å². The van der Waals surface area contributed by atoms with Gasteiger partial charge in [0.05, 0.1) is 11.3 Å². The number of rotatable bonds is 5. The predicted octanol–water partition coefficient (Wildman–Crippen LogP) is 5.84. The van der Waals surface area contributed by atoms with E-state index in [0.717, 1.165) is 30.5 Å². The second-order valence-corrected chi connectivity index (χ2v) is 8.27. The smallest absolute Gasteiger partial charge is 0.382 e. The molecule has 0 aliphatic heterocycles. The zero-order valence-corrected chi connectivity index (χ0v) is 18.0. The Balaban J connectivity index is 1.61. The number of carbonyl (C=O) groups excluding carboxylic acids is 1. The first-order valence-electron chi connectivity index (χ1n) is 11.0. The van der Waals surface area contributed by atoms with Crippen LogP contribution >= 0.6 is 0 Å². The Kier molecular flexibility index (Phi) is 6.57. The second-order valence-electron chi connectivity index (χ2n) is 8.27. The average molecular weight is 458 g/mol. The highest BCUT2D eigenvalue weighted by Crippen LogP contribution is 2.35. The van der Waals surface area contributed by atoms with E-state index in [1.165, 1.54) is 36.1 Å². The molecule has 4 rings (SSSR count). The van der Waals surface area contributed by atoms with Crippen LogP contribution in [0.5, 0.6) is 0 Å². The van der Waals surface area contributed by atoms with Crippen molar-refractivity contribution in [3.8, 4) is 16.9 Å². The van der Waals surface area contributed by atoms with E-state index in [4.69, 9.17) is 5.73 Å². The molecular formula is C24H26F3N5O. The number of amides is 2. The van der Waals surface area contributed by atoms with Crippen molar-refractivity contribution in [1.29, 1.82) is 0 Å². The van der Waals surface area contributed by atoms with Crippen LogP contribution in [0.2, 0.25) is 0 Å². The quantitative estimate of drug-likeness (QED) is 0.450. The molecule has 0 saturated heterocycles. The van der Waals surface area contributed by atoms with Crippen molar-refractivity contribution in [3.63, 3.8) is 0 Å². The summed E-state index contributed by atoms with van der Waals surface area (Å²) >= 11 is 0. The fourth-order valence-electron chi connectivity index (χ4n) is 4.13. The largest absolute Gasteiger partial charge is 0.416 e. The highest BCUT2D eigenvalue weighted by Gasteiger charge is 2.30. The number of aromatic nitrogens is 2. The molecule has 9 heteroatoms. The molecule has 2 aromatic carbocycles. The number of alkyl halides is 3. The molecule has 2 amide bonds. The maximum atomic E-state index is 12.9. The Morgan fingerprint density at radius 1 is 1.03 bits per heavy atom. The van der Waals surface area contributed by atoms with Gasteiger partial charge in [0.2, 0.25) is 0 Å². The van der Waals surface area contributed by atoms with E-state index in [-0.39, 0.29) is 5.82 Å². The predicted molar refractivity (Wildman–Crippen MR) is 122 cm³/mol. The molecule has 0 bridgehead atoms. The van der Waals surface area contributed by atoms with E-state index >= 15 is 0 Å². The van der Waals surface area contributed by atoms with Gasteiger partial charge in [-0.1, -0.05) is 49.6 Å². The van der Waals surface area contributed by atoms with E-state index in [1.54, 1.807) is 0 Å². The average Bonchev–Trinajstić information content (AvgIpc) is 3.14. The third-order valence-corrected chi connectivity index (χ3v) is 5.92. The fourth-order valence-corrected chi connectivity index (χ4v) is 4.13. The molecule has 1 fully saturated rings. The van der Waals surface area contributed by atoms with Gasteiger partial charge in [-0.25, -0.2) is 9.48 Å². The van der Waals surface area contributed by atoms with Crippen molar-refractivity contribution in [2.45, 2.75) is 38.3 Å². The number of nitrogens with one attached hydrogen (secondary N) is 2. The number of hydrogen-bond acceptors (Lipinski definition) is 3. The molecule has 1 aliphatic rings. The topological polar surface area (TPSA) is 85.0 Å². The van der Waals surface area contributed by atoms with Gasteiger partial charge in [0.1, 0.15) is 11.4 Å². The van der Waals surface area contributed by atoms with Gasteiger partial charge in [-0.05, 0) is 43.0 Å². The zero-order valence-electron chi connectivity index (χ0n) is 18.0. The summed E-state index contributed by atoms with van der Waals surface area (Å²) in [5.74, 6) is 0.590. The summed E-state index contributed by atoms with van der Waals surface area (Å²) in [7, 11) is 0. The van der Waals surface area contributed by atoms with Crippen molar-refractivity contribution in [2.75, 3.05) is 17.6 Å². The lowest BCUT2D eigenvalue weighted by Crippen LogP contribution is -2.34. The maximum Gasteiger partial charge on any atom is 0.416 e. The van der Waals surface area contributed by atoms with Gasteiger partial charge in [0.25, 0.3) is 0 Å². The third kappa shape index (κ3) is 5.30. The molecule has 1 aromatic heterocycles. The Hall–Kier alpha value is -3.49. The minimum absolute atomic E-state index is 0.126. The van der Waals surface area contributed by atoms with E-state index in [9.17, 15) is 18.0 Å². The third-order valence-electron chi connectivity index (χ3n) is 5.92. The van der Waals surface area contributed by atoms with E-state index < -0.39 is 17.8 Å². The first-order valence-corrected chi connectivity index (χ1v) is 11.0. The second kappa shape index (κ2) is 9.56. The molecule has 1 aliphatic carbocycles. The summed E-state index contributed by atoms with van der Waals surface area (Å²) in [4.78, 5) is 12.7. The van der Waals surface area contributed by atoms with Crippen molar-refractivity contribution in [2.24, 2.45) is 5.92 Å². The first kappa shape index (κ1) is 22.7. The molecule has 3 aromatic rings. The molecule has 0 radical (unpaired) electrons. The van der Waals surface area contributed by atoms with Crippen LogP contribution < -0.4 is 16.4 Å². The lowest BCUT2D eigenvalue weighted by Gasteiger charge is -2.21. The number of halogens is 3. The molecule has 1 saturated carbocycles. The number of nitrogens with zero attached hydrogens (tertiary/aromatic N) is 2. The summed E-state index contributed by atoms with van der Waals surface area (Å²) < 4.78 is 40.2. The molecule has 174 valence electrons. The molecular weight excluding hydrogens is 431 g/mol. The van der Waals surface area contributed by atoms with Crippen molar-refractivity contribution >= 4 is 17.5 Å². The van der Waals surface area contributed by atoms with E-state index in [2.05, 4.69) is 15.7 Å². The molecule has 0 unspecified atom stereocenters. The molecule has 0 atom stereocenters. The number of hydrogen-bond donors (Lipinski definition) is 3. The van der Waals surface area contributed by atoms with Crippen LogP contribution in [0.3, 0.4) is 0 Å². The fraction of sp³-hybridized carbons (Fsp3) is 0.333. The van der Waals surface area contributed by atoms with E-state index in [1.807, 2.05) is 30.3 Å². The number of nitrogen functional groups attached to an aromatic ring is 1. The summed E-state index contributed by atoms with van der Waals surface area (Å²) in [5.41, 5.74) is 7.37. The van der Waals surface area contributed by atoms with Crippen LogP contribution in [0.1, 0.15) is 37.7 Å². The Labute approximate surface area is 190 Å². The van der Waals surface area contributed by atoms with Gasteiger partial charge in [0.15, 0.2) is 5.82 Å². The number of anilines is 2. The summed E-state index contributed by atoms with van der Waals surface area (Å²) in [6, 6.07) is 13.3. The molecule has 6 nitrogen and oxygen atoms in total. The lowest BCUT2D eigenvalue weighted by molar-refractivity contribution is -0.137. The van der Waals surface area contributed by atoms with Crippen LogP contribution in [0.4, 0.5) is 29.5 Å². The molecule has 4 N–H and O–H groups in total. The van der Waals surface area contributed by atoms with Gasteiger partial charge >= 0.3 is 12.2 Å². The summed E-state index contributed by atoms with van der Waals surface area (Å²) in [6.07, 6.45) is 1.36. The lowest BCUT2D eigenvalue weighted by atomic mass is 9.89. The standard InChI is InChI=1S/C24H26F3N5O/c25-24(26,27)18-11-13-19(14-12-18)32-22(28)21(20(31-32)17-9-5-2-6-10-17)30-23(33)29-15-16-7-3-1-4-8-16/h2,5-6,9-14,16H,1,3-4,7-8,15,28H2,(H2,29,30,33). The maximum absolute atomic E-state index is 12.9. The van der Waals surface area contributed by atoms with Gasteiger partial charge in [-0.2, -0.15) is 18.3 Å². The zero-order chi connectivity index (χ0) is 23.4. The Morgan fingerprint density at radius 2 is 1.70 bits per heavy atom. The SMILES string of the molecule is Nc1c(NC(=O)NCC2CCCCC2)c(-c2ccccc2)nn1-c1ccc(C(F)(F)F)cc1. The number of benzene rings is 2. The van der Waals surface area contributed by atoms with E-state index in [0.29, 0.717) is 29.5 Å². The van der Waals surface area contributed by atoms with Crippen LogP contribution in [0, 0.1) is 5.92 Å². The monoisotopic (exact) mass is 457 g/mol. The summed E-state index contributed by atoms with van der Waals surface area (Å²) in [6.45, 7) is 0.583. The number of carbonyl (C=O) groups is 1. The summed E-state index contributed by atoms with van der Waals surface area (Å²) in [5, 5.41) is 10.2. The van der Waals surface area contributed by atoms with Crippen LogP contribution in [-0.2, 0) is 6.18 Å². The van der Waals surface area contributed by atoms with Crippen molar-refractivity contribution < 1.29 is 18.0 Å².